The van der Waals surface area contributed by atoms with E-state index in [0.29, 0.717) is 0 Å². The lowest BCUT2D eigenvalue weighted by Crippen LogP contribution is -2.22. The Kier molecular flexibility index (Phi) is 2.92. The van der Waals surface area contributed by atoms with Crippen LogP contribution in [0.4, 0.5) is 0 Å². The fraction of sp³-hybridized carbons (Fsp3) is 0.286. The summed E-state index contributed by atoms with van der Waals surface area (Å²) in [7, 11) is 0. The number of hydrogen-bond acceptors (Lipinski definition) is 1. The average molecular weight is 263 g/mol. The van der Waals surface area contributed by atoms with Crippen molar-refractivity contribution >= 4 is 28.6 Å². The Labute approximate surface area is 79.4 Å². The Morgan fingerprint density at radius 1 is 1.55 bits per heavy atom. The summed E-state index contributed by atoms with van der Waals surface area (Å²) in [5.74, 6) is 0.143. The molecule has 11 heavy (non-hydrogen) atoms. The molecule has 1 aliphatic rings. The molecule has 0 saturated carbocycles. The quantitative estimate of drug-likeness (QED) is 0.425. The topological polar surface area (TPSA) is 64.4 Å². The summed E-state index contributed by atoms with van der Waals surface area (Å²) < 4.78 is 1.13. The van der Waals surface area contributed by atoms with Crippen molar-refractivity contribution in [2.45, 2.75) is 12.8 Å². The van der Waals surface area contributed by atoms with E-state index >= 15 is 0 Å². The predicted molar refractivity (Wildman–Crippen MR) is 55.2 cm³/mol. The van der Waals surface area contributed by atoms with Gasteiger partial charge in [-0.2, -0.15) is 0 Å². The molecule has 0 aromatic rings. The van der Waals surface area contributed by atoms with Gasteiger partial charge in [0, 0.05) is 3.58 Å². The molecule has 0 spiro atoms. The largest absolute Gasteiger partial charge is 0.370 e. The summed E-state index contributed by atoms with van der Waals surface area (Å²) in [5, 5.41) is 0. The number of nitrogens with two attached hydrogens (primary N) is 2. The zero-order valence-corrected chi connectivity index (χ0v) is 8.21. The molecule has 1 rings (SSSR count). The second kappa shape index (κ2) is 3.75. The van der Waals surface area contributed by atoms with E-state index in [1.807, 2.05) is 6.08 Å². The van der Waals surface area contributed by atoms with Crippen LogP contribution in [0.25, 0.3) is 0 Å². The van der Waals surface area contributed by atoms with Gasteiger partial charge < -0.3 is 11.5 Å². The third kappa shape index (κ3) is 2.53. The van der Waals surface area contributed by atoms with Gasteiger partial charge in [0.1, 0.15) is 0 Å². The van der Waals surface area contributed by atoms with Crippen LogP contribution in [0.1, 0.15) is 12.8 Å². The van der Waals surface area contributed by atoms with E-state index in [1.54, 1.807) is 0 Å². The van der Waals surface area contributed by atoms with Crippen LogP contribution >= 0.6 is 22.6 Å². The van der Waals surface area contributed by atoms with E-state index in [-0.39, 0.29) is 5.96 Å². The van der Waals surface area contributed by atoms with Gasteiger partial charge in [-0.15, -0.1) is 0 Å². The molecule has 0 aromatic carbocycles. The number of aliphatic imine (C=N–C) groups is 1. The predicted octanol–water partition coefficient (Wildman–Crippen LogP) is 1.26. The fourth-order valence-electron chi connectivity index (χ4n) is 0.888. The molecule has 0 saturated heterocycles. The van der Waals surface area contributed by atoms with Gasteiger partial charge in [-0.3, -0.25) is 0 Å². The molecule has 0 atom stereocenters. The summed E-state index contributed by atoms with van der Waals surface area (Å²) in [4.78, 5) is 4.01. The van der Waals surface area contributed by atoms with Gasteiger partial charge in [-0.1, -0.05) is 12.2 Å². The number of nitrogens with zero attached hydrogens (tertiary/aromatic N) is 1. The average Bonchev–Trinajstić information content (AvgIpc) is 1.93. The van der Waals surface area contributed by atoms with Gasteiger partial charge in [-0.25, -0.2) is 4.99 Å². The van der Waals surface area contributed by atoms with Crippen LogP contribution in [0.15, 0.2) is 26.4 Å². The number of rotatable bonds is 1. The normalized spacial score (nSPS) is 16.8. The maximum absolute atomic E-state index is 5.25. The van der Waals surface area contributed by atoms with Crippen molar-refractivity contribution < 1.29 is 0 Å². The van der Waals surface area contributed by atoms with E-state index in [9.17, 15) is 0 Å². The summed E-state index contributed by atoms with van der Waals surface area (Å²) in [6.45, 7) is 0. The molecule has 0 aromatic heterocycles. The van der Waals surface area contributed by atoms with Crippen LogP contribution in [0.3, 0.4) is 0 Å². The second-order valence-corrected chi connectivity index (χ2v) is 3.43. The molecule has 1 aliphatic carbocycles. The van der Waals surface area contributed by atoms with Gasteiger partial charge in [0.25, 0.3) is 0 Å². The van der Waals surface area contributed by atoms with Crippen molar-refractivity contribution in [3.63, 3.8) is 0 Å². The standard InChI is InChI=1S/C7H10IN3/c8-5-3-1-2-4-6(5)11-7(9)10/h1,3H,2,4H2,(H4,9,10,11). The van der Waals surface area contributed by atoms with Gasteiger partial charge in [0.05, 0.1) is 5.70 Å². The van der Waals surface area contributed by atoms with Gasteiger partial charge >= 0.3 is 0 Å². The number of hydrogen-bond donors (Lipinski definition) is 2. The minimum atomic E-state index is 0.143. The first-order chi connectivity index (χ1) is 5.20. The van der Waals surface area contributed by atoms with E-state index in [4.69, 9.17) is 11.5 Å². The van der Waals surface area contributed by atoms with Crippen molar-refractivity contribution in [1.29, 1.82) is 0 Å². The molecular formula is C7H10IN3. The molecule has 0 fully saturated rings. The molecule has 0 amide bonds. The summed E-state index contributed by atoms with van der Waals surface area (Å²) in [5.41, 5.74) is 11.5. The molecule has 4 N–H and O–H groups in total. The highest BCUT2D eigenvalue weighted by Crippen LogP contribution is 2.24. The maximum Gasteiger partial charge on any atom is 0.190 e. The highest BCUT2D eigenvalue weighted by Gasteiger charge is 2.03. The van der Waals surface area contributed by atoms with Gasteiger partial charge in [-0.05, 0) is 35.4 Å². The highest BCUT2D eigenvalue weighted by molar-refractivity contribution is 14.1. The minimum absolute atomic E-state index is 0.143. The number of allylic oxidation sites excluding steroid dienone is 4. The van der Waals surface area contributed by atoms with E-state index < -0.39 is 0 Å². The Morgan fingerprint density at radius 3 is 2.82 bits per heavy atom. The van der Waals surface area contributed by atoms with Crippen LogP contribution < -0.4 is 11.5 Å². The van der Waals surface area contributed by atoms with E-state index in [0.717, 1.165) is 22.1 Å². The smallest absolute Gasteiger partial charge is 0.190 e. The lowest BCUT2D eigenvalue weighted by Gasteiger charge is -2.06. The monoisotopic (exact) mass is 263 g/mol. The number of halogens is 1. The first-order valence-electron chi connectivity index (χ1n) is 3.35. The Balaban J connectivity index is 2.84. The molecule has 4 heteroatoms. The lowest BCUT2D eigenvalue weighted by molar-refractivity contribution is 0.939. The molecule has 0 heterocycles. The van der Waals surface area contributed by atoms with Crippen molar-refractivity contribution in [2.24, 2.45) is 16.5 Å². The van der Waals surface area contributed by atoms with Crippen molar-refractivity contribution in [1.82, 2.24) is 0 Å². The Morgan fingerprint density at radius 2 is 2.27 bits per heavy atom. The van der Waals surface area contributed by atoms with Gasteiger partial charge in [0.2, 0.25) is 0 Å². The number of guanidine groups is 1. The third-order valence-electron chi connectivity index (χ3n) is 1.35. The minimum Gasteiger partial charge on any atom is -0.370 e. The summed E-state index contributed by atoms with van der Waals surface area (Å²) in [6, 6.07) is 0. The van der Waals surface area contributed by atoms with Crippen LogP contribution in [0.2, 0.25) is 0 Å². The molecular weight excluding hydrogens is 253 g/mol. The summed E-state index contributed by atoms with van der Waals surface area (Å²) in [6.07, 6.45) is 6.12. The zero-order chi connectivity index (χ0) is 8.27. The molecule has 0 bridgehead atoms. The zero-order valence-electron chi connectivity index (χ0n) is 6.05. The van der Waals surface area contributed by atoms with Crippen LogP contribution in [0, 0.1) is 0 Å². The van der Waals surface area contributed by atoms with Crippen molar-refractivity contribution in [3.05, 3.63) is 21.4 Å². The molecule has 3 nitrogen and oxygen atoms in total. The van der Waals surface area contributed by atoms with Crippen molar-refractivity contribution in [3.8, 4) is 0 Å². The first-order valence-corrected chi connectivity index (χ1v) is 4.43. The second-order valence-electron chi connectivity index (χ2n) is 2.27. The SMILES string of the molecule is NC(N)=NC1=C(I)C=CCC1. The maximum atomic E-state index is 5.25. The van der Waals surface area contributed by atoms with E-state index in [2.05, 4.69) is 33.7 Å². The first kappa shape index (κ1) is 8.58. The molecule has 0 aliphatic heterocycles. The molecule has 0 unspecified atom stereocenters. The van der Waals surface area contributed by atoms with Crippen molar-refractivity contribution in [2.75, 3.05) is 0 Å². The highest BCUT2D eigenvalue weighted by atomic mass is 127. The van der Waals surface area contributed by atoms with Gasteiger partial charge in [0.15, 0.2) is 5.96 Å². The van der Waals surface area contributed by atoms with Crippen LogP contribution in [-0.2, 0) is 0 Å². The lowest BCUT2D eigenvalue weighted by atomic mass is 10.1. The van der Waals surface area contributed by atoms with Crippen LogP contribution in [0.5, 0.6) is 0 Å². The fourth-order valence-corrected chi connectivity index (χ4v) is 1.53. The third-order valence-corrected chi connectivity index (χ3v) is 2.33. The Bertz CT molecular complexity index is 236. The molecule has 0 radical (unpaired) electrons. The Hall–Kier alpha value is -0.520. The molecule has 60 valence electrons. The van der Waals surface area contributed by atoms with Crippen LogP contribution in [-0.4, -0.2) is 5.96 Å². The van der Waals surface area contributed by atoms with E-state index in [1.165, 1.54) is 0 Å². The summed E-state index contributed by atoms with van der Waals surface area (Å²) >= 11 is 2.23.